The first kappa shape index (κ1) is 11.7. The summed E-state index contributed by atoms with van der Waals surface area (Å²) in [4.78, 5) is 0. The predicted molar refractivity (Wildman–Crippen MR) is 72.3 cm³/mol. The van der Waals surface area contributed by atoms with Gasteiger partial charge in [0.1, 0.15) is 11.9 Å². The predicted octanol–water partition coefficient (Wildman–Crippen LogP) is 5.07. The molecule has 0 saturated heterocycles. The largest absolute Gasteiger partial charge is 0.484 e. The van der Waals surface area contributed by atoms with Crippen molar-refractivity contribution >= 4 is 47.8 Å². The summed E-state index contributed by atoms with van der Waals surface area (Å²) in [6, 6.07) is 3.97. The molecule has 1 atom stereocenters. The first-order valence-corrected chi connectivity index (χ1v) is 7.02. The summed E-state index contributed by atoms with van der Waals surface area (Å²) in [6.07, 6.45) is 6.65. The van der Waals surface area contributed by atoms with Crippen LogP contribution in [0.4, 0.5) is 0 Å². The molecule has 2 rings (SSSR count). The molecule has 0 bridgehead atoms. The number of hydrogen-bond acceptors (Lipinski definition) is 1. The van der Waals surface area contributed by atoms with Crippen LogP contribution in [-0.4, -0.2) is 6.10 Å². The van der Waals surface area contributed by atoms with Crippen LogP contribution >= 0.6 is 47.8 Å². The van der Waals surface area contributed by atoms with Crippen LogP contribution < -0.4 is 4.74 Å². The van der Waals surface area contributed by atoms with Gasteiger partial charge in [-0.1, -0.05) is 22.0 Å². The molecule has 0 saturated carbocycles. The van der Waals surface area contributed by atoms with E-state index >= 15 is 0 Å². The summed E-state index contributed by atoms with van der Waals surface area (Å²) in [5, 5.41) is 0. The topological polar surface area (TPSA) is 9.23 Å². The summed E-state index contributed by atoms with van der Waals surface area (Å²) in [5.41, 5.74) is 0. The van der Waals surface area contributed by atoms with E-state index in [1.165, 1.54) is 0 Å². The molecule has 80 valence electrons. The van der Waals surface area contributed by atoms with Gasteiger partial charge in [0, 0.05) is 4.47 Å². The van der Waals surface area contributed by atoms with Crippen LogP contribution in [0.3, 0.4) is 0 Å². The maximum Gasteiger partial charge on any atom is 0.148 e. The second-order valence-electron chi connectivity index (χ2n) is 3.36. The molecule has 0 spiro atoms. The van der Waals surface area contributed by atoms with Crippen LogP contribution in [0.1, 0.15) is 12.8 Å². The Morgan fingerprint density at radius 3 is 2.33 bits per heavy atom. The van der Waals surface area contributed by atoms with E-state index in [-0.39, 0.29) is 6.10 Å². The molecule has 0 aromatic heterocycles. The molecular weight excluding hydrogens is 388 g/mol. The maximum absolute atomic E-state index is 5.89. The molecule has 0 N–H and O–H groups in total. The Morgan fingerprint density at radius 2 is 1.80 bits per heavy atom. The zero-order valence-electron chi connectivity index (χ0n) is 7.84. The molecule has 0 radical (unpaired) electrons. The third-order valence-electron chi connectivity index (χ3n) is 2.20. The van der Waals surface area contributed by atoms with Crippen molar-refractivity contribution in [2.45, 2.75) is 18.9 Å². The van der Waals surface area contributed by atoms with E-state index in [4.69, 9.17) is 4.74 Å². The normalized spacial score (nSPS) is 19.5. The van der Waals surface area contributed by atoms with Gasteiger partial charge in [-0.3, -0.25) is 0 Å². The second kappa shape index (κ2) is 5.02. The van der Waals surface area contributed by atoms with Crippen LogP contribution in [0.25, 0.3) is 0 Å². The zero-order valence-corrected chi connectivity index (χ0v) is 12.6. The first-order valence-electron chi connectivity index (χ1n) is 4.64. The highest BCUT2D eigenvalue weighted by Crippen LogP contribution is 2.37. The molecule has 15 heavy (non-hydrogen) atoms. The number of allylic oxidation sites excluding steroid dienone is 1. The number of halogens is 3. The lowest BCUT2D eigenvalue weighted by Gasteiger charge is -2.15. The average molecular weight is 397 g/mol. The minimum Gasteiger partial charge on any atom is -0.484 e. The van der Waals surface area contributed by atoms with Crippen LogP contribution in [-0.2, 0) is 0 Å². The summed E-state index contributed by atoms with van der Waals surface area (Å²) in [7, 11) is 0. The summed E-state index contributed by atoms with van der Waals surface area (Å²) in [5.74, 6) is 0.870. The molecule has 1 aliphatic carbocycles. The van der Waals surface area contributed by atoms with E-state index in [2.05, 4.69) is 59.9 Å². The first-order chi connectivity index (χ1) is 7.16. The smallest absolute Gasteiger partial charge is 0.148 e. The van der Waals surface area contributed by atoms with Crippen molar-refractivity contribution in [3.05, 3.63) is 37.7 Å². The third kappa shape index (κ3) is 2.86. The fraction of sp³-hybridized carbons (Fsp3) is 0.273. The average Bonchev–Trinajstić information content (AvgIpc) is 2.63. The van der Waals surface area contributed by atoms with E-state index in [1.54, 1.807) is 0 Å². The fourth-order valence-electron chi connectivity index (χ4n) is 1.50. The number of ether oxygens (including phenoxy) is 1. The van der Waals surface area contributed by atoms with Crippen molar-refractivity contribution in [2.24, 2.45) is 0 Å². The zero-order chi connectivity index (χ0) is 10.8. The molecule has 0 aliphatic heterocycles. The molecule has 0 fully saturated rings. The molecule has 1 nitrogen and oxygen atoms in total. The van der Waals surface area contributed by atoms with Gasteiger partial charge < -0.3 is 4.74 Å². The van der Waals surface area contributed by atoms with Crippen LogP contribution in [0, 0.1) is 0 Å². The molecule has 1 aromatic rings. The third-order valence-corrected chi connectivity index (χ3v) is 3.84. The molecule has 1 aromatic carbocycles. The van der Waals surface area contributed by atoms with Gasteiger partial charge in [-0.05, 0) is 62.9 Å². The molecule has 0 unspecified atom stereocenters. The van der Waals surface area contributed by atoms with Gasteiger partial charge in [0.2, 0.25) is 0 Å². The Morgan fingerprint density at radius 1 is 1.13 bits per heavy atom. The van der Waals surface area contributed by atoms with Crippen molar-refractivity contribution in [3.63, 3.8) is 0 Å². The summed E-state index contributed by atoms with van der Waals surface area (Å²) >= 11 is 10.4. The van der Waals surface area contributed by atoms with Gasteiger partial charge in [0.05, 0.1) is 8.95 Å². The quantitative estimate of drug-likeness (QED) is 0.634. The SMILES string of the molecule is Brc1cc(Br)c(O[C@@H]2C=CCC2)c(Br)c1. The Hall–Kier alpha value is 0.200. The summed E-state index contributed by atoms with van der Waals surface area (Å²) in [6.45, 7) is 0. The lowest BCUT2D eigenvalue weighted by atomic mass is 10.3. The van der Waals surface area contributed by atoms with E-state index in [9.17, 15) is 0 Å². The van der Waals surface area contributed by atoms with Crippen molar-refractivity contribution < 1.29 is 4.74 Å². The number of hydrogen-bond donors (Lipinski definition) is 0. The Bertz CT molecular complexity index is 378. The molecule has 4 heteroatoms. The highest BCUT2D eigenvalue weighted by molar-refractivity contribution is 9.11. The Labute approximate surface area is 114 Å². The molecular formula is C11H9Br3O. The van der Waals surface area contributed by atoms with Gasteiger partial charge in [-0.2, -0.15) is 0 Å². The van der Waals surface area contributed by atoms with E-state index in [0.717, 1.165) is 32.0 Å². The van der Waals surface area contributed by atoms with Crippen LogP contribution in [0.15, 0.2) is 37.7 Å². The number of benzene rings is 1. The van der Waals surface area contributed by atoms with E-state index < -0.39 is 0 Å². The number of rotatable bonds is 2. The van der Waals surface area contributed by atoms with Gasteiger partial charge in [-0.15, -0.1) is 0 Å². The van der Waals surface area contributed by atoms with Crippen LogP contribution in [0.5, 0.6) is 5.75 Å². The minimum absolute atomic E-state index is 0.207. The lowest BCUT2D eigenvalue weighted by Crippen LogP contribution is -2.10. The molecule has 0 amide bonds. The monoisotopic (exact) mass is 394 g/mol. The van der Waals surface area contributed by atoms with Crippen molar-refractivity contribution in [3.8, 4) is 5.75 Å². The van der Waals surface area contributed by atoms with Crippen molar-refractivity contribution in [1.29, 1.82) is 0 Å². The Balaban J connectivity index is 2.23. The molecule has 0 heterocycles. The lowest BCUT2D eigenvalue weighted by molar-refractivity contribution is 0.245. The van der Waals surface area contributed by atoms with Gasteiger partial charge in [0.25, 0.3) is 0 Å². The van der Waals surface area contributed by atoms with E-state index in [0.29, 0.717) is 0 Å². The highest BCUT2D eigenvalue weighted by atomic mass is 79.9. The van der Waals surface area contributed by atoms with Crippen molar-refractivity contribution in [1.82, 2.24) is 0 Å². The van der Waals surface area contributed by atoms with Gasteiger partial charge >= 0.3 is 0 Å². The van der Waals surface area contributed by atoms with Crippen LogP contribution in [0.2, 0.25) is 0 Å². The highest BCUT2D eigenvalue weighted by Gasteiger charge is 2.15. The maximum atomic E-state index is 5.89. The van der Waals surface area contributed by atoms with Gasteiger partial charge in [-0.25, -0.2) is 0 Å². The standard InChI is InChI=1S/C11H9Br3O/c12-7-5-9(13)11(10(14)6-7)15-8-3-1-2-4-8/h1,3,5-6,8H,2,4H2/t8-/m1/s1. The second-order valence-corrected chi connectivity index (χ2v) is 5.98. The van der Waals surface area contributed by atoms with E-state index in [1.807, 2.05) is 12.1 Å². The molecule has 1 aliphatic rings. The fourth-order valence-corrected chi connectivity index (χ4v) is 3.94. The van der Waals surface area contributed by atoms with Gasteiger partial charge in [0.15, 0.2) is 0 Å². The van der Waals surface area contributed by atoms with Crippen molar-refractivity contribution in [2.75, 3.05) is 0 Å². The summed E-state index contributed by atoms with van der Waals surface area (Å²) < 4.78 is 8.84. The Kier molecular flexibility index (Phi) is 3.91. The minimum atomic E-state index is 0.207.